The Hall–Kier alpha value is -0.730. The van der Waals surface area contributed by atoms with Gasteiger partial charge in [0.1, 0.15) is 5.75 Å². The number of nitrogens with two attached hydrogens (primary N) is 1. The molecule has 88 valence electrons. The van der Waals surface area contributed by atoms with Crippen molar-refractivity contribution >= 4 is 11.6 Å². The van der Waals surface area contributed by atoms with Crippen LogP contribution in [0.5, 0.6) is 5.75 Å². The molecule has 0 amide bonds. The average molecular weight is 240 g/mol. The molecule has 1 fully saturated rings. The van der Waals surface area contributed by atoms with Crippen molar-refractivity contribution < 1.29 is 4.74 Å². The third-order valence-corrected chi connectivity index (χ3v) is 2.77. The molecule has 2 N–H and O–H groups in total. The van der Waals surface area contributed by atoms with Gasteiger partial charge in [-0.2, -0.15) is 0 Å². The Balaban J connectivity index is 2.08. The van der Waals surface area contributed by atoms with E-state index in [-0.39, 0.29) is 5.54 Å². The van der Waals surface area contributed by atoms with Crippen LogP contribution in [0.4, 0.5) is 0 Å². The van der Waals surface area contributed by atoms with E-state index in [1.54, 1.807) is 0 Å². The smallest absolute Gasteiger partial charge is 0.138 e. The Morgan fingerprint density at radius 1 is 1.44 bits per heavy atom. The molecule has 0 saturated heterocycles. The zero-order valence-electron chi connectivity index (χ0n) is 9.79. The maximum absolute atomic E-state index is 6.16. The highest BCUT2D eigenvalue weighted by Crippen LogP contribution is 2.32. The van der Waals surface area contributed by atoms with Gasteiger partial charge in [0.2, 0.25) is 0 Å². The molecule has 0 heterocycles. The van der Waals surface area contributed by atoms with E-state index in [2.05, 4.69) is 0 Å². The summed E-state index contributed by atoms with van der Waals surface area (Å²) in [7, 11) is 0. The van der Waals surface area contributed by atoms with Crippen molar-refractivity contribution in [2.75, 3.05) is 0 Å². The lowest BCUT2D eigenvalue weighted by atomic mass is 9.96. The van der Waals surface area contributed by atoms with Crippen molar-refractivity contribution in [1.82, 2.24) is 0 Å². The molecule has 0 bridgehead atoms. The van der Waals surface area contributed by atoms with Crippen LogP contribution in [0.1, 0.15) is 32.3 Å². The fourth-order valence-electron chi connectivity index (χ4n) is 1.64. The maximum Gasteiger partial charge on any atom is 0.138 e. The fraction of sp³-hybridized carbons (Fsp3) is 0.538. The number of hydrogen-bond acceptors (Lipinski definition) is 2. The molecule has 0 atom stereocenters. The van der Waals surface area contributed by atoms with Crippen molar-refractivity contribution in [2.24, 2.45) is 5.73 Å². The van der Waals surface area contributed by atoms with E-state index in [0.717, 1.165) is 30.6 Å². The average Bonchev–Trinajstić information content (AvgIpc) is 2.90. The Bertz CT molecular complexity index is 380. The fourth-order valence-corrected chi connectivity index (χ4v) is 1.89. The van der Waals surface area contributed by atoms with E-state index in [1.807, 2.05) is 32.0 Å². The lowest BCUT2D eigenvalue weighted by Gasteiger charge is -2.19. The second-order valence-corrected chi connectivity index (χ2v) is 5.65. The van der Waals surface area contributed by atoms with Crippen LogP contribution < -0.4 is 10.5 Å². The minimum Gasteiger partial charge on any atom is -0.489 e. The molecule has 16 heavy (non-hydrogen) atoms. The van der Waals surface area contributed by atoms with Gasteiger partial charge in [0.05, 0.1) is 11.1 Å². The van der Waals surface area contributed by atoms with Gasteiger partial charge in [-0.1, -0.05) is 17.7 Å². The van der Waals surface area contributed by atoms with E-state index < -0.39 is 0 Å². The largest absolute Gasteiger partial charge is 0.489 e. The molecular weight excluding hydrogens is 222 g/mol. The Morgan fingerprint density at radius 2 is 2.12 bits per heavy atom. The first kappa shape index (κ1) is 11.7. The Labute approximate surface area is 102 Å². The summed E-state index contributed by atoms with van der Waals surface area (Å²) in [4.78, 5) is 0. The molecular formula is C13H18ClNO. The molecule has 0 radical (unpaired) electrons. The summed E-state index contributed by atoms with van der Waals surface area (Å²) in [6.45, 7) is 4.02. The number of ether oxygens (including phenoxy) is 1. The first-order valence-electron chi connectivity index (χ1n) is 5.68. The number of benzene rings is 1. The normalized spacial score (nSPS) is 16.2. The van der Waals surface area contributed by atoms with Crippen LogP contribution >= 0.6 is 11.6 Å². The lowest BCUT2D eigenvalue weighted by Crippen LogP contribution is -2.34. The summed E-state index contributed by atoms with van der Waals surface area (Å²) in [6, 6.07) is 5.94. The van der Waals surface area contributed by atoms with Gasteiger partial charge in [-0.15, -0.1) is 0 Å². The molecule has 1 aromatic carbocycles. The first-order chi connectivity index (χ1) is 7.44. The van der Waals surface area contributed by atoms with E-state index in [1.165, 1.54) is 0 Å². The molecule has 2 rings (SSSR count). The van der Waals surface area contributed by atoms with E-state index >= 15 is 0 Å². The van der Waals surface area contributed by atoms with E-state index in [4.69, 9.17) is 22.1 Å². The quantitative estimate of drug-likeness (QED) is 0.876. The van der Waals surface area contributed by atoms with Gasteiger partial charge in [0.25, 0.3) is 0 Å². The summed E-state index contributed by atoms with van der Waals surface area (Å²) in [5.41, 5.74) is 6.92. The molecule has 1 aromatic rings. The summed E-state index contributed by atoms with van der Waals surface area (Å²) >= 11 is 6.16. The Morgan fingerprint density at radius 3 is 2.62 bits per heavy atom. The van der Waals surface area contributed by atoms with Crippen molar-refractivity contribution in [3.8, 4) is 5.75 Å². The number of hydrogen-bond donors (Lipinski definition) is 1. The third-order valence-electron chi connectivity index (χ3n) is 2.47. The summed E-state index contributed by atoms with van der Waals surface area (Å²) < 4.78 is 5.68. The second kappa shape index (κ2) is 4.27. The predicted molar refractivity (Wildman–Crippen MR) is 67.1 cm³/mol. The lowest BCUT2D eigenvalue weighted by molar-refractivity contribution is 0.303. The van der Waals surface area contributed by atoms with E-state index in [9.17, 15) is 0 Å². The molecule has 0 aromatic heterocycles. The third kappa shape index (κ3) is 3.39. The zero-order valence-corrected chi connectivity index (χ0v) is 10.6. The van der Waals surface area contributed by atoms with Gasteiger partial charge in [0, 0.05) is 5.54 Å². The highest BCUT2D eigenvalue weighted by atomic mass is 35.5. The molecule has 2 nitrogen and oxygen atoms in total. The van der Waals surface area contributed by atoms with Crippen molar-refractivity contribution in [3.05, 3.63) is 28.8 Å². The summed E-state index contributed by atoms with van der Waals surface area (Å²) in [5.74, 6) is 0.794. The molecule has 1 aliphatic rings. The maximum atomic E-state index is 6.16. The molecule has 1 aliphatic carbocycles. The molecule has 1 saturated carbocycles. The van der Waals surface area contributed by atoms with Gasteiger partial charge >= 0.3 is 0 Å². The second-order valence-electron chi connectivity index (χ2n) is 5.25. The van der Waals surface area contributed by atoms with Crippen LogP contribution in [-0.2, 0) is 6.42 Å². The molecule has 0 aliphatic heterocycles. The van der Waals surface area contributed by atoms with Crippen LogP contribution in [0, 0.1) is 0 Å². The summed E-state index contributed by atoms with van der Waals surface area (Å²) in [5, 5.41) is 0.689. The highest BCUT2D eigenvalue weighted by molar-refractivity contribution is 6.32. The molecule has 3 heteroatoms. The van der Waals surface area contributed by atoms with Gasteiger partial charge < -0.3 is 10.5 Å². The van der Waals surface area contributed by atoms with Gasteiger partial charge in [-0.3, -0.25) is 0 Å². The SMILES string of the molecule is CC(C)(N)Cc1ccc(OC2CC2)c(Cl)c1. The van der Waals surface area contributed by atoms with Crippen molar-refractivity contribution in [2.45, 2.75) is 44.8 Å². The standard InChI is InChI=1S/C13H18ClNO/c1-13(2,15)8-9-3-6-12(11(14)7-9)16-10-4-5-10/h3,6-7,10H,4-5,8,15H2,1-2H3. The van der Waals surface area contributed by atoms with Crippen LogP contribution in [0.2, 0.25) is 5.02 Å². The van der Waals surface area contributed by atoms with Gasteiger partial charge in [0.15, 0.2) is 0 Å². The Kier molecular flexibility index (Phi) is 3.13. The molecule has 0 unspecified atom stereocenters. The van der Waals surface area contributed by atoms with Crippen LogP contribution in [0.25, 0.3) is 0 Å². The van der Waals surface area contributed by atoms with Crippen molar-refractivity contribution in [3.63, 3.8) is 0 Å². The minimum atomic E-state index is -0.206. The first-order valence-corrected chi connectivity index (χ1v) is 6.06. The van der Waals surface area contributed by atoms with Crippen LogP contribution in [-0.4, -0.2) is 11.6 Å². The topological polar surface area (TPSA) is 35.2 Å². The summed E-state index contributed by atoms with van der Waals surface area (Å²) in [6.07, 6.45) is 3.49. The van der Waals surface area contributed by atoms with E-state index in [0.29, 0.717) is 11.1 Å². The number of halogens is 1. The van der Waals surface area contributed by atoms with Gasteiger partial charge in [-0.25, -0.2) is 0 Å². The van der Waals surface area contributed by atoms with Crippen LogP contribution in [0.15, 0.2) is 18.2 Å². The van der Waals surface area contributed by atoms with Gasteiger partial charge in [-0.05, 0) is 50.8 Å². The molecule has 0 spiro atoms. The highest BCUT2D eigenvalue weighted by Gasteiger charge is 2.24. The minimum absolute atomic E-state index is 0.206. The number of rotatable bonds is 4. The zero-order chi connectivity index (χ0) is 11.8. The van der Waals surface area contributed by atoms with Crippen LogP contribution in [0.3, 0.4) is 0 Å². The monoisotopic (exact) mass is 239 g/mol. The van der Waals surface area contributed by atoms with Crippen molar-refractivity contribution in [1.29, 1.82) is 0 Å². The predicted octanol–water partition coefficient (Wildman–Crippen LogP) is 3.16.